The largest absolute Gasteiger partial charge is 0.325 e. The van der Waals surface area contributed by atoms with E-state index in [1.54, 1.807) is 6.92 Å². The minimum absolute atomic E-state index is 0.00328. The van der Waals surface area contributed by atoms with E-state index in [0.717, 1.165) is 4.31 Å². The number of non-ortho nitro benzene ring substituents is 1. The summed E-state index contributed by atoms with van der Waals surface area (Å²) < 4.78 is 26.0. The van der Waals surface area contributed by atoms with Gasteiger partial charge in [-0.2, -0.15) is 0 Å². The molecule has 1 heterocycles. The molecule has 13 heteroatoms. The number of aryl methyl sites for hydroxylation is 1. The van der Waals surface area contributed by atoms with Gasteiger partial charge in [0.15, 0.2) is 0 Å². The third-order valence-electron chi connectivity index (χ3n) is 5.44. The van der Waals surface area contributed by atoms with E-state index in [4.69, 9.17) is 0 Å². The van der Waals surface area contributed by atoms with Gasteiger partial charge in [-0.3, -0.25) is 24.6 Å². The summed E-state index contributed by atoms with van der Waals surface area (Å²) in [5, 5.41) is 16.1. The zero-order chi connectivity index (χ0) is 25.4. The number of nitrogens with one attached hydrogen (secondary N) is 2. The lowest BCUT2D eigenvalue weighted by Gasteiger charge is -2.22. The Morgan fingerprint density at radius 1 is 1.21 bits per heavy atom. The average Bonchev–Trinajstić information content (AvgIpc) is 2.98. The van der Waals surface area contributed by atoms with Crippen LogP contribution in [0.1, 0.15) is 18.1 Å². The summed E-state index contributed by atoms with van der Waals surface area (Å²) in [7, 11) is -0.986. The van der Waals surface area contributed by atoms with Gasteiger partial charge in [-0.05, 0) is 37.1 Å². The maximum absolute atomic E-state index is 13.0. The molecule has 2 aromatic rings. The van der Waals surface area contributed by atoms with Crippen molar-refractivity contribution in [2.45, 2.75) is 24.3 Å². The molecule has 1 atom stereocenters. The fraction of sp³-hybridized carbons (Fsp3) is 0.286. The van der Waals surface area contributed by atoms with Crippen LogP contribution in [0.4, 0.5) is 16.2 Å². The van der Waals surface area contributed by atoms with Gasteiger partial charge in [0.1, 0.15) is 12.1 Å². The van der Waals surface area contributed by atoms with E-state index in [0.29, 0.717) is 10.5 Å². The predicted octanol–water partition coefficient (Wildman–Crippen LogP) is 1.56. The number of imide groups is 1. The van der Waals surface area contributed by atoms with Gasteiger partial charge < -0.3 is 10.6 Å². The molecule has 2 aromatic carbocycles. The van der Waals surface area contributed by atoms with Crippen molar-refractivity contribution in [1.29, 1.82) is 0 Å². The molecule has 1 unspecified atom stereocenters. The number of nitrogens with zero attached hydrogens (tertiary/aromatic N) is 3. The standard InChI is InChI=1S/C21H23N5O7S/c1-13-8-9-15(11-17(13)34(32,33)24(3)4)22-18(27)12-25-19(28)21(2,23-20(25)29)14-6-5-7-16(10-14)26(30)31/h5-11H,12H2,1-4H3,(H,22,27)(H,23,29). The van der Waals surface area contributed by atoms with Gasteiger partial charge in [-0.1, -0.05) is 18.2 Å². The quantitative estimate of drug-likeness (QED) is 0.339. The topological polar surface area (TPSA) is 159 Å². The molecule has 2 N–H and O–H groups in total. The van der Waals surface area contributed by atoms with E-state index in [1.165, 1.54) is 63.5 Å². The van der Waals surface area contributed by atoms with Crippen LogP contribution in [0.5, 0.6) is 0 Å². The number of nitro benzene ring substituents is 1. The Morgan fingerprint density at radius 3 is 2.50 bits per heavy atom. The molecular formula is C21H23N5O7S. The normalized spacial score (nSPS) is 18.2. The molecule has 1 aliphatic rings. The van der Waals surface area contributed by atoms with Crippen LogP contribution >= 0.6 is 0 Å². The molecule has 1 saturated heterocycles. The Balaban J connectivity index is 1.80. The van der Waals surface area contributed by atoms with Crippen LogP contribution in [0.25, 0.3) is 0 Å². The first-order valence-corrected chi connectivity index (χ1v) is 11.4. The molecule has 0 aliphatic carbocycles. The van der Waals surface area contributed by atoms with Crippen LogP contribution < -0.4 is 10.6 Å². The van der Waals surface area contributed by atoms with Crippen molar-refractivity contribution < 1.29 is 27.7 Å². The lowest BCUT2D eigenvalue weighted by molar-refractivity contribution is -0.385. The van der Waals surface area contributed by atoms with E-state index >= 15 is 0 Å². The van der Waals surface area contributed by atoms with Crippen molar-refractivity contribution in [3.63, 3.8) is 0 Å². The van der Waals surface area contributed by atoms with Gasteiger partial charge in [0, 0.05) is 31.9 Å². The Labute approximate surface area is 195 Å². The van der Waals surface area contributed by atoms with Crippen molar-refractivity contribution in [3.05, 3.63) is 63.7 Å². The number of urea groups is 1. The molecule has 0 saturated carbocycles. The van der Waals surface area contributed by atoms with Crippen LogP contribution in [0, 0.1) is 17.0 Å². The highest BCUT2D eigenvalue weighted by Gasteiger charge is 2.49. The molecule has 1 aliphatic heterocycles. The molecule has 34 heavy (non-hydrogen) atoms. The number of anilines is 1. The van der Waals surface area contributed by atoms with Crippen LogP contribution in [0.3, 0.4) is 0 Å². The Morgan fingerprint density at radius 2 is 1.88 bits per heavy atom. The minimum Gasteiger partial charge on any atom is -0.324 e. The zero-order valence-corrected chi connectivity index (χ0v) is 19.7. The lowest BCUT2D eigenvalue weighted by atomic mass is 9.91. The highest BCUT2D eigenvalue weighted by Crippen LogP contribution is 2.31. The lowest BCUT2D eigenvalue weighted by Crippen LogP contribution is -2.42. The van der Waals surface area contributed by atoms with Gasteiger partial charge in [0.2, 0.25) is 15.9 Å². The third kappa shape index (κ3) is 4.47. The van der Waals surface area contributed by atoms with Gasteiger partial charge in [0.25, 0.3) is 11.6 Å². The van der Waals surface area contributed by atoms with E-state index in [2.05, 4.69) is 10.6 Å². The summed E-state index contributed by atoms with van der Waals surface area (Å²) >= 11 is 0. The van der Waals surface area contributed by atoms with Gasteiger partial charge in [-0.25, -0.2) is 17.5 Å². The SMILES string of the molecule is Cc1ccc(NC(=O)CN2C(=O)NC(C)(c3cccc([N+](=O)[O-])c3)C2=O)cc1S(=O)(=O)N(C)C. The molecule has 12 nitrogen and oxygen atoms in total. The number of carbonyl (C=O) groups excluding carboxylic acids is 3. The fourth-order valence-corrected chi connectivity index (χ4v) is 4.61. The second-order valence-electron chi connectivity index (χ2n) is 8.07. The number of rotatable bonds is 7. The number of hydrogen-bond donors (Lipinski definition) is 2. The Hall–Kier alpha value is -3.84. The van der Waals surface area contributed by atoms with Crippen LogP contribution in [0.15, 0.2) is 47.4 Å². The zero-order valence-electron chi connectivity index (χ0n) is 18.9. The predicted molar refractivity (Wildman–Crippen MR) is 121 cm³/mol. The molecular weight excluding hydrogens is 466 g/mol. The van der Waals surface area contributed by atoms with Crippen molar-refractivity contribution >= 4 is 39.2 Å². The molecule has 0 aromatic heterocycles. The molecule has 0 spiro atoms. The number of carbonyl (C=O) groups is 3. The smallest absolute Gasteiger partial charge is 0.324 e. The summed E-state index contributed by atoms with van der Waals surface area (Å²) in [5.74, 6) is -1.49. The first-order chi connectivity index (χ1) is 15.8. The van der Waals surface area contributed by atoms with E-state index < -0.39 is 44.9 Å². The Bertz CT molecular complexity index is 1310. The number of amides is 4. The van der Waals surface area contributed by atoms with Crippen molar-refractivity contribution in [1.82, 2.24) is 14.5 Å². The fourth-order valence-electron chi connectivity index (χ4n) is 3.46. The third-order valence-corrected chi connectivity index (χ3v) is 7.40. The number of hydrogen-bond acceptors (Lipinski definition) is 7. The second kappa shape index (κ2) is 8.83. The monoisotopic (exact) mass is 489 g/mol. The van der Waals surface area contributed by atoms with Crippen LogP contribution in [0.2, 0.25) is 0 Å². The summed E-state index contributed by atoms with van der Waals surface area (Å²) in [6.45, 7) is 2.37. The minimum atomic E-state index is -3.76. The van der Waals surface area contributed by atoms with Crippen LogP contribution in [-0.2, 0) is 25.2 Å². The van der Waals surface area contributed by atoms with Crippen LogP contribution in [-0.4, -0.2) is 61.0 Å². The van der Waals surface area contributed by atoms with Crippen molar-refractivity contribution in [2.24, 2.45) is 0 Å². The van der Waals surface area contributed by atoms with E-state index in [-0.39, 0.29) is 21.8 Å². The molecule has 1 fully saturated rings. The molecule has 4 amide bonds. The van der Waals surface area contributed by atoms with E-state index in [1.807, 2.05) is 0 Å². The van der Waals surface area contributed by atoms with Crippen molar-refractivity contribution in [3.8, 4) is 0 Å². The molecule has 3 rings (SSSR count). The molecule has 180 valence electrons. The maximum atomic E-state index is 13.0. The maximum Gasteiger partial charge on any atom is 0.325 e. The summed E-state index contributed by atoms with van der Waals surface area (Å²) in [6, 6.07) is 8.78. The van der Waals surface area contributed by atoms with Gasteiger partial charge in [-0.15, -0.1) is 0 Å². The highest BCUT2D eigenvalue weighted by molar-refractivity contribution is 7.89. The van der Waals surface area contributed by atoms with Crippen molar-refractivity contribution in [2.75, 3.05) is 26.0 Å². The van der Waals surface area contributed by atoms with Gasteiger partial charge >= 0.3 is 6.03 Å². The summed E-state index contributed by atoms with van der Waals surface area (Å²) in [6.07, 6.45) is 0. The van der Waals surface area contributed by atoms with E-state index in [9.17, 15) is 32.9 Å². The first kappa shape index (κ1) is 24.8. The number of nitro groups is 1. The molecule has 0 radical (unpaired) electrons. The van der Waals surface area contributed by atoms with Gasteiger partial charge in [0.05, 0.1) is 9.82 Å². The number of sulfonamides is 1. The Kier molecular flexibility index (Phi) is 6.44. The first-order valence-electron chi connectivity index (χ1n) is 9.99. The summed E-state index contributed by atoms with van der Waals surface area (Å²) in [5.41, 5.74) is -1.00. The molecule has 0 bridgehead atoms. The average molecular weight is 490 g/mol. The summed E-state index contributed by atoms with van der Waals surface area (Å²) in [4.78, 5) is 49.3. The second-order valence-corrected chi connectivity index (χ2v) is 10.2. The highest BCUT2D eigenvalue weighted by atomic mass is 32.2. The number of benzene rings is 2.